The van der Waals surface area contributed by atoms with Gasteiger partial charge in [-0.2, -0.15) is 4.68 Å². The number of pyridine rings is 2. The minimum atomic E-state index is -0.705. The minimum absolute atomic E-state index is 0.101. The summed E-state index contributed by atoms with van der Waals surface area (Å²) in [7, 11) is 0. The van der Waals surface area contributed by atoms with Gasteiger partial charge in [0.15, 0.2) is 5.65 Å². The average Bonchev–Trinajstić information content (AvgIpc) is 3.44. The molecule has 1 aliphatic heterocycles. The second kappa shape index (κ2) is 11.4. The predicted molar refractivity (Wildman–Crippen MR) is 150 cm³/mol. The van der Waals surface area contributed by atoms with E-state index < -0.39 is 11.7 Å². The molecule has 6 rings (SSSR count). The van der Waals surface area contributed by atoms with E-state index in [0.717, 1.165) is 19.4 Å². The first kappa shape index (κ1) is 26.4. The highest BCUT2D eigenvalue weighted by atomic mass is 19.1. The Balaban J connectivity index is 1.39. The number of carbonyl (C=O) groups excluding carboxylic acids is 2. The van der Waals surface area contributed by atoms with Crippen molar-refractivity contribution in [3.05, 3.63) is 83.9 Å². The number of nitrogens with zero attached hydrogens (tertiary/aromatic N) is 6. The first-order valence-electron chi connectivity index (χ1n) is 13.3. The zero-order valence-electron chi connectivity index (χ0n) is 22.0. The summed E-state index contributed by atoms with van der Waals surface area (Å²) in [5, 5.41) is 24.5. The van der Waals surface area contributed by atoms with Crippen LogP contribution in [0.25, 0.3) is 27.6 Å². The predicted octanol–water partition coefficient (Wildman–Crippen LogP) is 2.62. The van der Waals surface area contributed by atoms with Gasteiger partial charge < -0.3 is 15.7 Å². The van der Waals surface area contributed by atoms with E-state index in [0.29, 0.717) is 45.5 Å². The molecule has 3 aromatic heterocycles. The van der Waals surface area contributed by atoms with Gasteiger partial charge in [0.25, 0.3) is 11.8 Å². The topological polar surface area (TPSA) is 138 Å². The maximum absolute atomic E-state index is 15.7. The largest absolute Gasteiger partial charge is 0.395 e. The monoisotopic (exact) mass is 554 g/mol. The summed E-state index contributed by atoms with van der Waals surface area (Å²) in [5.74, 6) is -1.15. The van der Waals surface area contributed by atoms with E-state index in [2.05, 4.69) is 30.9 Å². The molecule has 0 aliphatic carbocycles. The number of benzene rings is 2. The molecule has 0 bridgehead atoms. The molecule has 0 saturated carbocycles. The molecule has 0 radical (unpaired) electrons. The Morgan fingerprint density at radius 2 is 2.02 bits per heavy atom. The summed E-state index contributed by atoms with van der Waals surface area (Å²) in [6.07, 6.45) is 4.75. The molecule has 1 fully saturated rings. The lowest BCUT2D eigenvalue weighted by molar-refractivity contribution is 0.0942. The molecule has 0 spiro atoms. The molecule has 3 N–H and O–H groups in total. The van der Waals surface area contributed by atoms with Crippen LogP contribution in [0.5, 0.6) is 0 Å². The van der Waals surface area contributed by atoms with Crippen molar-refractivity contribution in [1.82, 2.24) is 35.6 Å². The van der Waals surface area contributed by atoms with Crippen molar-refractivity contribution < 1.29 is 19.1 Å². The first-order valence-corrected chi connectivity index (χ1v) is 13.3. The molecular formula is C29H27FN8O3. The average molecular weight is 555 g/mol. The number of hydrogen-bond donors (Lipinski definition) is 3. The highest BCUT2D eigenvalue weighted by Crippen LogP contribution is 2.31. The van der Waals surface area contributed by atoms with Crippen LogP contribution in [0.1, 0.15) is 33.6 Å². The van der Waals surface area contributed by atoms with Crippen molar-refractivity contribution in [1.29, 1.82) is 0 Å². The molecule has 41 heavy (non-hydrogen) atoms. The zero-order chi connectivity index (χ0) is 28.3. The van der Waals surface area contributed by atoms with Gasteiger partial charge in [0.2, 0.25) is 0 Å². The Hall–Kier alpha value is -4.81. The highest BCUT2D eigenvalue weighted by Gasteiger charge is 2.31. The summed E-state index contributed by atoms with van der Waals surface area (Å²) in [5.41, 5.74) is 1.75. The Labute approximate surface area is 234 Å². The lowest BCUT2D eigenvalue weighted by Crippen LogP contribution is -2.49. The molecule has 12 heteroatoms. The van der Waals surface area contributed by atoms with Crippen molar-refractivity contribution in [2.75, 3.05) is 31.1 Å². The number of fused-ring (bicyclic) bond motifs is 2. The van der Waals surface area contributed by atoms with Crippen molar-refractivity contribution in [2.45, 2.75) is 18.9 Å². The number of amides is 2. The van der Waals surface area contributed by atoms with E-state index in [1.165, 1.54) is 16.8 Å². The second-order valence-corrected chi connectivity index (χ2v) is 9.74. The number of rotatable bonds is 7. The van der Waals surface area contributed by atoms with Crippen LogP contribution in [0.4, 0.5) is 10.2 Å². The zero-order valence-corrected chi connectivity index (χ0v) is 22.0. The molecule has 11 nitrogen and oxygen atoms in total. The van der Waals surface area contributed by atoms with E-state index in [9.17, 15) is 9.59 Å². The number of hydrogen-bond acceptors (Lipinski definition) is 8. The molecule has 2 aromatic carbocycles. The number of anilines is 1. The third-order valence-corrected chi connectivity index (χ3v) is 7.12. The SMILES string of the molecule is O=C(NCCO)c1ccc2c(N(C(=O)c3ccc(-n4nnc5cccnc54)cc3F)[C@@H]3CCCNC3)nccc2c1. The molecule has 4 heterocycles. The first-order chi connectivity index (χ1) is 20.0. The highest BCUT2D eigenvalue weighted by molar-refractivity contribution is 6.11. The normalized spacial score (nSPS) is 15.2. The molecule has 1 atom stereocenters. The van der Waals surface area contributed by atoms with Gasteiger partial charge in [-0.1, -0.05) is 5.21 Å². The molecule has 0 unspecified atom stereocenters. The van der Waals surface area contributed by atoms with Crippen LogP contribution in [0.15, 0.2) is 67.0 Å². The van der Waals surface area contributed by atoms with Crippen molar-refractivity contribution in [2.24, 2.45) is 0 Å². The number of nitrogens with one attached hydrogen (secondary N) is 2. The van der Waals surface area contributed by atoms with Crippen LogP contribution in [0.3, 0.4) is 0 Å². The van der Waals surface area contributed by atoms with Crippen LogP contribution in [-0.4, -0.2) is 74.2 Å². The maximum atomic E-state index is 15.7. The molecule has 208 valence electrons. The smallest absolute Gasteiger partial charge is 0.262 e. The van der Waals surface area contributed by atoms with Gasteiger partial charge in [-0.3, -0.25) is 14.5 Å². The quantitative estimate of drug-likeness (QED) is 0.279. The van der Waals surface area contributed by atoms with Gasteiger partial charge in [-0.05, 0) is 73.3 Å². The van der Waals surface area contributed by atoms with E-state index in [4.69, 9.17) is 5.11 Å². The fraction of sp³-hybridized carbons (Fsp3) is 0.241. The van der Waals surface area contributed by atoms with Crippen LogP contribution in [-0.2, 0) is 0 Å². The second-order valence-electron chi connectivity index (χ2n) is 9.74. The molecule has 1 saturated heterocycles. The Kier molecular flexibility index (Phi) is 7.32. The van der Waals surface area contributed by atoms with Gasteiger partial charge in [-0.25, -0.2) is 14.4 Å². The molecule has 2 amide bonds. The standard InChI is InChI=1S/C29H27FN8O3/c30-24-16-20(38-27-25(35-36-38)4-2-11-32-27)6-8-23(24)29(41)37(21-3-1-10-31-17-21)26-22-7-5-19(28(40)34-13-14-39)15-18(22)9-12-33-26/h2,4-9,11-12,15-16,21,31,39H,1,3,10,13-14,17H2,(H,34,40)/t21-/m1/s1. The summed E-state index contributed by atoms with van der Waals surface area (Å²) in [4.78, 5) is 37.0. The third-order valence-electron chi connectivity index (χ3n) is 7.12. The lowest BCUT2D eigenvalue weighted by atomic mass is 10.0. The van der Waals surface area contributed by atoms with Gasteiger partial charge in [0.1, 0.15) is 17.2 Å². The van der Waals surface area contributed by atoms with Crippen molar-refractivity contribution in [3.8, 4) is 5.69 Å². The van der Waals surface area contributed by atoms with E-state index >= 15 is 4.39 Å². The number of aromatic nitrogens is 5. The Bertz CT molecular complexity index is 1750. The number of halogens is 1. The summed E-state index contributed by atoms with van der Waals surface area (Å²) in [6, 6.07) is 14.4. The van der Waals surface area contributed by atoms with Gasteiger partial charge in [-0.15, -0.1) is 5.10 Å². The fourth-order valence-corrected chi connectivity index (χ4v) is 5.13. The van der Waals surface area contributed by atoms with Crippen LogP contribution in [0, 0.1) is 5.82 Å². The van der Waals surface area contributed by atoms with Gasteiger partial charge in [0.05, 0.1) is 23.9 Å². The van der Waals surface area contributed by atoms with Crippen LogP contribution < -0.4 is 15.5 Å². The number of aliphatic hydroxyl groups is 1. The molecule has 5 aromatic rings. The molecule has 1 aliphatic rings. The molecular weight excluding hydrogens is 527 g/mol. The summed E-state index contributed by atoms with van der Waals surface area (Å²) >= 11 is 0. The number of carbonyl (C=O) groups is 2. The number of piperidine rings is 1. The van der Waals surface area contributed by atoms with Gasteiger partial charge >= 0.3 is 0 Å². The van der Waals surface area contributed by atoms with Crippen LogP contribution >= 0.6 is 0 Å². The van der Waals surface area contributed by atoms with Crippen LogP contribution in [0.2, 0.25) is 0 Å². The van der Waals surface area contributed by atoms with E-state index in [1.54, 1.807) is 59.8 Å². The van der Waals surface area contributed by atoms with Gasteiger partial charge in [0, 0.05) is 42.5 Å². The lowest BCUT2D eigenvalue weighted by Gasteiger charge is -2.34. The summed E-state index contributed by atoms with van der Waals surface area (Å²) in [6.45, 7) is 1.34. The Morgan fingerprint density at radius 1 is 1.12 bits per heavy atom. The Morgan fingerprint density at radius 3 is 2.83 bits per heavy atom. The minimum Gasteiger partial charge on any atom is -0.395 e. The fourth-order valence-electron chi connectivity index (χ4n) is 5.13. The van der Waals surface area contributed by atoms with E-state index in [1.807, 2.05) is 0 Å². The van der Waals surface area contributed by atoms with Crippen molar-refractivity contribution >= 4 is 39.6 Å². The third kappa shape index (κ3) is 5.10. The van der Waals surface area contributed by atoms with E-state index in [-0.39, 0.29) is 30.7 Å². The number of aliphatic hydroxyl groups excluding tert-OH is 1. The summed E-state index contributed by atoms with van der Waals surface area (Å²) < 4.78 is 17.1. The maximum Gasteiger partial charge on any atom is 0.262 e. The van der Waals surface area contributed by atoms with Crippen molar-refractivity contribution in [3.63, 3.8) is 0 Å².